The minimum Gasteiger partial charge on any atom is -0.508 e. The van der Waals surface area contributed by atoms with Crippen molar-refractivity contribution in [2.45, 2.75) is 43.8 Å². The third kappa shape index (κ3) is 9.22. The van der Waals surface area contributed by atoms with Gasteiger partial charge in [-0.1, -0.05) is 24.3 Å². The van der Waals surface area contributed by atoms with Crippen LogP contribution in [-0.2, 0) is 32.0 Å². The SMILES string of the molecule is NC(N)=NCCCC1NC(=O)C(Cc2ccc(O)cc2)NC(=O)C(Cc2ccc(N)cc2)NC(=O)[CH]NC1=O. The van der Waals surface area contributed by atoms with E-state index in [1.165, 1.54) is 12.1 Å². The first-order valence-electron chi connectivity index (χ1n) is 12.3. The average Bonchev–Trinajstić information content (AvgIpc) is 2.89. The Balaban J connectivity index is 1.86. The standard InChI is InChI=1S/C26H33N8O5/c27-17-7-3-15(4-8-17)12-20-24(38)34-21(13-16-5-9-18(35)10-6-16)25(39)33-19(2-1-11-30-26(28)29)23(37)31-14-22(36)32-20/h3-10,14,19-21,35H,1-2,11-13,27H2,(H,31,37)(H,32,36)(H,33,39)(H,34,38)(H4,28,29,30). The highest BCUT2D eigenvalue weighted by atomic mass is 16.3. The molecular formula is C26H33N8O5. The van der Waals surface area contributed by atoms with Crippen molar-refractivity contribution in [3.05, 3.63) is 66.2 Å². The molecule has 11 N–H and O–H groups in total. The van der Waals surface area contributed by atoms with E-state index in [0.717, 1.165) is 12.1 Å². The van der Waals surface area contributed by atoms with Crippen LogP contribution in [0.25, 0.3) is 0 Å². The molecule has 3 atom stereocenters. The molecule has 1 aliphatic heterocycles. The Labute approximate surface area is 225 Å². The summed E-state index contributed by atoms with van der Waals surface area (Å²) in [6.07, 6.45) is 0.708. The third-order valence-electron chi connectivity index (χ3n) is 5.99. The second kappa shape index (κ2) is 13.7. The van der Waals surface area contributed by atoms with Crippen LogP contribution in [0.2, 0.25) is 0 Å². The van der Waals surface area contributed by atoms with E-state index >= 15 is 0 Å². The smallest absolute Gasteiger partial charge is 0.245 e. The minimum absolute atomic E-state index is 0.0472. The first-order valence-corrected chi connectivity index (χ1v) is 12.3. The monoisotopic (exact) mass is 537 g/mol. The van der Waals surface area contributed by atoms with E-state index in [4.69, 9.17) is 17.2 Å². The maximum atomic E-state index is 13.4. The first-order chi connectivity index (χ1) is 18.6. The molecule has 13 nitrogen and oxygen atoms in total. The van der Waals surface area contributed by atoms with Gasteiger partial charge < -0.3 is 43.6 Å². The first kappa shape index (κ1) is 28.8. The molecule has 2 aromatic carbocycles. The molecule has 3 rings (SSSR count). The summed E-state index contributed by atoms with van der Waals surface area (Å²) in [6.45, 7) is 1.14. The van der Waals surface area contributed by atoms with E-state index < -0.39 is 41.8 Å². The number of rotatable bonds is 8. The number of nitrogens with zero attached hydrogens (tertiary/aromatic N) is 1. The summed E-state index contributed by atoms with van der Waals surface area (Å²) in [5.41, 5.74) is 18.3. The molecular weight excluding hydrogens is 504 g/mol. The lowest BCUT2D eigenvalue weighted by atomic mass is 10.0. The number of phenols is 1. The van der Waals surface area contributed by atoms with Crippen LogP contribution in [0.5, 0.6) is 5.75 Å². The molecule has 0 aliphatic carbocycles. The number of carbonyl (C=O) groups excluding carboxylic acids is 4. The van der Waals surface area contributed by atoms with Crippen LogP contribution >= 0.6 is 0 Å². The van der Waals surface area contributed by atoms with E-state index in [2.05, 4.69) is 26.3 Å². The Kier molecular flexibility index (Phi) is 10.1. The molecule has 207 valence electrons. The number of phenolic OH excluding ortho intramolecular Hbond substituents is 1. The molecule has 0 aromatic heterocycles. The van der Waals surface area contributed by atoms with Gasteiger partial charge in [0.25, 0.3) is 0 Å². The zero-order valence-corrected chi connectivity index (χ0v) is 21.2. The topological polar surface area (TPSA) is 227 Å². The van der Waals surface area contributed by atoms with Gasteiger partial charge in [0.15, 0.2) is 5.96 Å². The fourth-order valence-electron chi connectivity index (χ4n) is 3.94. The summed E-state index contributed by atoms with van der Waals surface area (Å²) >= 11 is 0. The van der Waals surface area contributed by atoms with Gasteiger partial charge in [0.05, 0.1) is 0 Å². The second-order valence-electron chi connectivity index (χ2n) is 9.10. The molecule has 1 aliphatic rings. The highest BCUT2D eigenvalue weighted by Gasteiger charge is 2.31. The van der Waals surface area contributed by atoms with E-state index in [1.54, 1.807) is 36.4 Å². The molecule has 13 heteroatoms. The predicted molar refractivity (Wildman–Crippen MR) is 145 cm³/mol. The van der Waals surface area contributed by atoms with Gasteiger partial charge in [-0.15, -0.1) is 0 Å². The van der Waals surface area contributed by atoms with Crippen molar-refractivity contribution in [3.8, 4) is 5.75 Å². The molecule has 4 amide bonds. The van der Waals surface area contributed by atoms with E-state index in [1.807, 2.05) is 0 Å². The van der Waals surface area contributed by atoms with E-state index in [-0.39, 0.29) is 37.5 Å². The number of aromatic hydroxyl groups is 1. The summed E-state index contributed by atoms with van der Waals surface area (Å²) in [5, 5.41) is 20.0. The van der Waals surface area contributed by atoms with Crippen molar-refractivity contribution in [1.82, 2.24) is 21.3 Å². The predicted octanol–water partition coefficient (Wildman–Crippen LogP) is -1.44. The maximum absolute atomic E-state index is 13.4. The Morgan fingerprint density at radius 1 is 0.769 bits per heavy atom. The number of carbonyl (C=O) groups is 4. The van der Waals surface area contributed by atoms with Crippen LogP contribution in [0.4, 0.5) is 5.69 Å². The number of aliphatic imine (C=N–C) groups is 1. The van der Waals surface area contributed by atoms with Gasteiger partial charge >= 0.3 is 0 Å². The second-order valence-corrected chi connectivity index (χ2v) is 9.10. The Hall–Kier alpha value is -4.81. The van der Waals surface area contributed by atoms with Crippen LogP contribution in [0.3, 0.4) is 0 Å². The molecule has 1 radical (unpaired) electrons. The number of nitrogens with one attached hydrogen (secondary N) is 4. The lowest BCUT2D eigenvalue weighted by molar-refractivity contribution is -0.134. The van der Waals surface area contributed by atoms with Gasteiger partial charge in [-0.2, -0.15) is 0 Å². The maximum Gasteiger partial charge on any atom is 0.245 e. The fourth-order valence-corrected chi connectivity index (χ4v) is 3.94. The van der Waals surface area contributed by atoms with Gasteiger partial charge in [0, 0.05) is 25.1 Å². The number of amides is 4. The number of benzene rings is 2. The molecule has 0 saturated carbocycles. The quantitative estimate of drug-likeness (QED) is 0.0858. The highest BCUT2D eigenvalue weighted by molar-refractivity contribution is 5.98. The van der Waals surface area contributed by atoms with Gasteiger partial charge in [-0.05, 0) is 48.2 Å². The van der Waals surface area contributed by atoms with Crippen molar-refractivity contribution in [1.29, 1.82) is 0 Å². The van der Waals surface area contributed by atoms with Crippen molar-refractivity contribution in [2.24, 2.45) is 16.5 Å². The molecule has 1 heterocycles. The van der Waals surface area contributed by atoms with Crippen LogP contribution in [0.15, 0.2) is 53.5 Å². The van der Waals surface area contributed by atoms with Crippen molar-refractivity contribution >= 4 is 35.3 Å². The van der Waals surface area contributed by atoms with Gasteiger partial charge in [0.2, 0.25) is 23.6 Å². The molecule has 2 aromatic rings. The lowest BCUT2D eigenvalue weighted by Crippen LogP contribution is -2.59. The molecule has 1 fully saturated rings. The van der Waals surface area contributed by atoms with Crippen molar-refractivity contribution in [2.75, 3.05) is 12.3 Å². The molecule has 1 saturated heterocycles. The number of guanidine groups is 1. The van der Waals surface area contributed by atoms with Gasteiger partial charge in [-0.3, -0.25) is 24.2 Å². The zero-order chi connectivity index (χ0) is 28.4. The van der Waals surface area contributed by atoms with E-state index in [0.29, 0.717) is 17.7 Å². The zero-order valence-electron chi connectivity index (χ0n) is 21.2. The van der Waals surface area contributed by atoms with Gasteiger partial charge in [-0.25, -0.2) is 0 Å². The normalized spacial score (nSPS) is 20.4. The molecule has 3 unspecified atom stereocenters. The molecule has 0 bridgehead atoms. The Morgan fingerprint density at radius 3 is 1.90 bits per heavy atom. The van der Waals surface area contributed by atoms with E-state index in [9.17, 15) is 24.3 Å². The number of hydrogen-bond donors (Lipinski definition) is 8. The highest BCUT2D eigenvalue weighted by Crippen LogP contribution is 2.13. The summed E-state index contributed by atoms with van der Waals surface area (Å²) in [7, 11) is 0. The average molecular weight is 538 g/mol. The minimum atomic E-state index is -1.09. The largest absolute Gasteiger partial charge is 0.508 e. The summed E-state index contributed by atoms with van der Waals surface area (Å²) < 4.78 is 0. The fraction of sp³-hybridized carbons (Fsp3) is 0.308. The molecule has 39 heavy (non-hydrogen) atoms. The van der Waals surface area contributed by atoms with Crippen LogP contribution in [0.1, 0.15) is 24.0 Å². The summed E-state index contributed by atoms with van der Waals surface area (Å²) in [5.74, 6) is -2.56. The van der Waals surface area contributed by atoms with Crippen LogP contribution < -0.4 is 38.5 Å². The molecule has 0 spiro atoms. The van der Waals surface area contributed by atoms with Gasteiger partial charge in [0.1, 0.15) is 30.4 Å². The summed E-state index contributed by atoms with van der Waals surface area (Å²) in [6, 6.07) is 9.78. The Bertz CT molecular complexity index is 1200. The summed E-state index contributed by atoms with van der Waals surface area (Å²) in [4.78, 5) is 56.1. The lowest BCUT2D eigenvalue weighted by Gasteiger charge is -2.27. The number of nitrogen functional groups attached to an aromatic ring is 1. The number of hydrogen-bond acceptors (Lipinski definition) is 7. The van der Waals surface area contributed by atoms with Crippen LogP contribution in [-0.4, -0.2) is 59.4 Å². The number of nitrogens with two attached hydrogens (primary N) is 3. The third-order valence-corrected chi connectivity index (χ3v) is 5.99. The van der Waals surface area contributed by atoms with Crippen molar-refractivity contribution < 1.29 is 24.3 Å². The van der Waals surface area contributed by atoms with Crippen molar-refractivity contribution in [3.63, 3.8) is 0 Å². The Morgan fingerprint density at radius 2 is 1.31 bits per heavy atom. The number of anilines is 1. The van der Waals surface area contributed by atoms with Crippen LogP contribution in [0, 0.1) is 6.54 Å².